The Morgan fingerprint density at radius 3 is 2.58 bits per heavy atom. The number of nitrogen functional groups attached to an aromatic ring is 1. The number of hydrogen-bond acceptors (Lipinski definition) is 10. The van der Waals surface area contributed by atoms with E-state index in [1.807, 2.05) is 0 Å². The van der Waals surface area contributed by atoms with Crippen LogP contribution in [0, 0.1) is 43.9 Å². The van der Waals surface area contributed by atoms with Crippen molar-refractivity contribution in [3.63, 3.8) is 0 Å². The first-order valence-corrected chi connectivity index (χ1v) is 9.78. The normalized spacial score (nSPS) is 18.4. The van der Waals surface area contributed by atoms with Crippen LogP contribution >= 0.6 is 0 Å². The monoisotopic (exact) mass is 615 g/mol. The number of nitrogens with two attached hydrogens (primary N) is 1. The van der Waals surface area contributed by atoms with Gasteiger partial charge in [0.25, 0.3) is 0 Å². The minimum Gasteiger partial charge on any atom is -0.482 e. The number of anilines is 3. The second-order valence-corrected chi connectivity index (χ2v) is 7.10. The predicted octanol–water partition coefficient (Wildman–Crippen LogP) is 1.11. The average molecular weight is 615 g/mol. The molecule has 2 aliphatic rings. The molecule has 4 rings (SSSR count). The Bertz CT molecular complexity index is 1020. The molecule has 0 saturated carbocycles. The van der Waals surface area contributed by atoms with Crippen molar-refractivity contribution in [3.05, 3.63) is 24.2 Å². The van der Waals surface area contributed by atoms with Gasteiger partial charge in [-0.05, 0) is 12.2 Å². The standard InChI is InChI=1S/C19H19F3N7O3.Ho/c20-19(21,22)16-13(10-24-17(23)27-16)14-9-15(29(2-5-30)12-1-6-32-11-12)26-18(25-14)28-3-7-31-8-4-28;/h9-10,12H,1,3-4,6-8,11H2,(H2,23,24,27);/q-1;/t12-;/m0./s1. The van der Waals surface area contributed by atoms with Crippen LogP contribution < -0.4 is 15.5 Å². The first-order chi connectivity index (χ1) is 15.4. The summed E-state index contributed by atoms with van der Waals surface area (Å²) in [6, 6.07) is 1.05. The number of aromatic nitrogens is 4. The summed E-state index contributed by atoms with van der Waals surface area (Å²) in [6.45, 7) is 2.52. The molecule has 33 heavy (non-hydrogen) atoms. The second-order valence-electron chi connectivity index (χ2n) is 7.10. The van der Waals surface area contributed by atoms with Gasteiger partial charge in [0.15, 0.2) is 5.69 Å². The fraction of sp³-hybridized carbons (Fsp3) is 0.474. The SMILES string of the molecule is Nc1ncc(-c2cc(N([C-]=C=O)[C@H]3CCOC3)nc(N3CCOCC3)n2)c(C(F)(F)F)n1.[Ho]. The quantitative estimate of drug-likeness (QED) is 0.227. The van der Waals surface area contributed by atoms with Gasteiger partial charge in [-0.25, -0.2) is 15.0 Å². The topological polar surface area (TPSA) is 120 Å². The number of nitrogens with zero attached hydrogens (tertiary/aromatic N) is 6. The van der Waals surface area contributed by atoms with Crippen LogP contribution in [0.1, 0.15) is 12.1 Å². The number of morpholine rings is 1. The van der Waals surface area contributed by atoms with Gasteiger partial charge >= 0.3 is 6.18 Å². The third-order valence-corrected chi connectivity index (χ3v) is 5.03. The van der Waals surface area contributed by atoms with Gasteiger partial charge in [0, 0.05) is 81.2 Å². The summed E-state index contributed by atoms with van der Waals surface area (Å²) in [5.74, 6) is 1.45. The van der Waals surface area contributed by atoms with Crippen LogP contribution in [0.5, 0.6) is 0 Å². The van der Waals surface area contributed by atoms with Crippen molar-refractivity contribution in [2.75, 3.05) is 55.1 Å². The fourth-order valence-corrected chi connectivity index (χ4v) is 3.50. The third kappa shape index (κ3) is 5.92. The van der Waals surface area contributed by atoms with Gasteiger partial charge in [0.05, 0.1) is 25.5 Å². The van der Waals surface area contributed by atoms with Gasteiger partial charge in [-0.1, -0.05) is 12.3 Å². The first kappa shape index (κ1) is 25.6. The molecule has 10 nitrogen and oxygen atoms in total. The summed E-state index contributed by atoms with van der Waals surface area (Å²) in [6.07, 6.45) is -0.785. The van der Waals surface area contributed by atoms with Crippen molar-refractivity contribution in [1.82, 2.24) is 19.9 Å². The van der Waals surface area contributed by atoms with Gasteiger partial charge in [-0.2, -0.15) is 13.2 Å². The van der Waals surface area contributed by atoms with E-state index in [2.05, 4.69) is 26.1 Å². The Labute approximate surface area is 217 Å². The molecule has 2 aromatic rings. The van der Waals surface area contributed by atoms with Gasteiger partial charge in [0.1, 0.15) is 0 Å². The summed E-state index contributed by atoms with van der Waals surface area (Å²) < 4.78 is 51.8. The van der Waals surface area contributed by atoms with E-state index in [0.717, 1.165) is 6.20 Å². The minimum absolute atomic E-state index is 0. The summed E-state index contributed by atoms with van der Waals surface area (Å²) in [7, 11) is 0. The van der Waals surface area contributed by atoms with Crippen molar-refractivity contribution >= 4 is 23.7 Å². The summed E-state index contributed by atoms with van der Waals surface area (Å²) in [5, 5.41) is 0. The third-order valence-electron chi connectivity index (χ3n) is 5.03. The van der Waals surface area contributed by atoms with E-state index < -0.39 is 17.8 Å². The van der Waals surface area contributed by atoms with Crippen molar-refractivity contribution < 1.29 is 65.2 Å². The van der Waals surface area contributed by atoms with E-state index in [-0.39, 0.29) is 66.8 Å². The summed E-state index contributed by atoms with van der Waals surface area (Å²) >= 11 is 0. The van der Waals surface area contributed by atoms with Crippen LogP contribution in [0.4, 0.5) is 30.9 Å². The van der Waals surface area contributed by atoms with Crippen molar-refractivity contribution in [1.29, 1.82) is 0 Å². The summed E-state index contributed by atoms with van der Waals surface area (Å²) in [4.78, 5) is 30.3. The van der Waals surface area contributed by atoms with Crippen LogP contribution in [0.15, 0.2) is 12.3 Å². The molecule has 2 aliphatic heterocycles. The molecular weight excluding hydrogens is 596 g/mol. The van der Waals surface area contributed by atoms with Gasteiger partial charge in [0.2, 0.25) is 11.9 Å². The molecule has 2 N–H and O–H groups in total. The smallest absolute Gasteiger partial charge is 0.434 e. The fourth-order valence-electron chi connectivity index (χ4n) is 3.50. The van der Waals surface area contributed by atoms with Gasteiger partial charge < -0.3 is 25.0 Å². The van der Waals surface area contributed by atoms with Gasteiger partial charge in [-0.3, -0.25) is 9.78 Å². The molecule has 2 saturated heterocycles. The van der Waals surface area contributed by atoms with Crippen molar-refractivity contribution in [3.8, 4) is 11.3 Å². The molecule has 14 heteroatoms. The summed E-state index contributed by atoms with van der Waals surface area (Å²) in [5.41, 5.74) is 3.75. The number of rotatable bonds is 5. The molecule has 0 spiro atoms. The number of alkyl halides is 3. The maximum absolute atomic E-state index is 13.7. The zero-order valence-electron chi connectivity index (χ0n) is 17.1. The van der Waals surface area contributed by atoms with Crippen molar-refractivity contribution in [2.45, 2.75) is 18.6 Å². The minimum atomic E-state index is -4.79. The molecule has 2 aromatic heterocycles. The van der Waals surface area contributed by atoms with E-state index >= 15 is 0 Å². The van der Waals surface area contributed by atoms with Gasteiger partial charge in [-0.15, -0.1) is 0 Å². The number of carbonyl (C=O) groups excluding carboxylic acids is 1. The predicted molar refractivity (Wildman–Crippen MR) is 106 cm³/mol. The molecular formula is C19H19F3HoN7O3-. The van der Waals surface area contributed by atoms with Crippen LogP contribution in [0.2, 0.25) is 0 Å². The van der Waals surface area contributed by atoms with Crippen LogP contribution in [0.3, 0.4) is 0 Å². The molecule has 0 unspecified atom stereocenters. The van der Waals surface area contributed by atoms with E-state index in [1.165, 1.54) is 11.0 Å². The Morgan fingerprint density at radius 2 is 1.94 bits per heavy atom. The number of halogens is 3. The molecule has 0 aromatic carbocycles. The molecule has 0 amide bonds. The molecule has 2 fully saturated rings. The van der Waals surface area contributed by atoms with E-state index in [4.69, 9.17) is 15.2 Å². The Kier molecular flexibility index (Phi) is 8.48. The van der Waals surface area contributed by atoms with Crippen molar-refractivity contribution in [2.24, 2.45) is 0 Å². The number of ether oxygens (including phenoxy) is 2. The average Bonchev–Trinajstić information content (AvgIpc) is 3.31. The zero-order chi connectivity index (χ0) is 22.7. The Balaban J connectivity index is 0.00000306. The maximum Gasteiger partial charge on any atom is 0.434 e. The molecule has 1 radical (unpaired) electrons. The molecule has 181 valence electrons. The van der Waals surface area contributed by atoms with E-state index in [9.17, 15) is 18.0 Å². The maximum atomic E-state index is 13.7. The zero-order valence-corrected chi connectivity index (χ0v) is 19.0. The molecule has 0 aliphatic carbocycles. The van der Waals surface area contributed by atoms with Crippen LogP contribution in [-0.4, -0.2) is 71.4 Å². The molecule has 4 heterocycles. The van der Waals surface area contributed by atoms with E-state index in [1.54, 1.807) is 10.8 Å². The van der Waals surface area contributed by atoms with Crippen LogP contribution in [-0.2, 0) is 20.4 Å². The second kappa shape index (κ2) is 10.9. The molecule has 0 bridgehead atoms. The number of hydrogen-bond donors (Lipinski definition) is 1. The van der Waals surface area contributed by atoms with Crippen LogP contribution in [0.25, 0.3) is 11.3 Å². The Morgan fingerprint density at radius 1 is 1.18 bits per heavy atom. The first-order valence-electron chi connectivity index (χ1n) is 9.78. The molecule has 1 atom stereocenters. The van der Waals surface area contributed by atoms with E-state index in [0.29, 0.717) is 45.9 Å². The Hall–Kier alpha value is -2.02. The largest absolute Gasteiger partial charge is 0.482 e.